The summed E-state index contributed by atoms with van der Waals surface area (Å²) in [5.74, 6) is 2.63. The van der Waals surface area contributed by atoms with Gasteiger partial charge in [0.1, 0.15) is 0 Å². The van der Waals surface area contributed by atoms with Gasteiger partial charge in [-0.1, -0.05) is 37.8 Å². The van der Waals surface area contributed by atoms with Crippen LogP contribution in [-0.2, 0) is 0 Å². The van der Waals surface area contributed by atoms with Gasteiger partial charge in [0, 0.05) is 24.2 Å². The Bertz CT molecular complexity index is 1190. The van der Waals surface area contributed by atoms with Gasteiger partial charge >= 0.3 is 5.97 Å². The highest BCUT2D eigenvalue weighted by Crippen LogP contribution is 2.52. The molecule has 6 nitrogen and oxygen atoms in total. The first-order valence-corrected chi connectivity index (χ1v) is 14.6. The second-order valence-corrected chi connectivity index (χ2v) is 12.8. The maximum absolute atomic E-state index is 13.4. The topological polar surface area (TPSA) is 75.4 Å². The summed E-state index contributed by atoms with van der Waals surface area (Å²) in [5.41, 5.74) is 0.593. The third kappa shape index (κ3) is 3.82. The lowest BCUT2D eigenvalue weighted by Crippen LogP contribution is -2.59. The van der Waals surface area contributed by atoms with E-state index in [1.807, 2.05) is 24.3 Å². The van der Waals surface area contributed by atoms with Crippen molar-refractivity contribution in [3.63, 3.8) is 0 Å². The van der Waals surface area contributed by atoms with Gasteiger partial charge in [-0.25, -0.2) is 9.78 Å². The molecule has 7 atom stereocenters. The molecule has 0 amide bonds. The molecule has 4 bridgehead atoms. The molecule has 192 valence electrons. The highest BCUT2D eigenvalue weighted by atomic mass is 16.4. The fourth-order valence-electron chi connectivity index (χ4n) is 9.26. The number of aromatic nitrogens is 2. The highest BCUT2D eigenvalue weighted by molar-refractivity contribution is 5.88. The zero-order valence-corrected chi connectivity index (χ0v) is 21.2. The second kappa shape index (κ2) is 8.97. The van der Waals surface area contributed by atoms with Crippen LogP contribution in [0.25, 0.3) is 11.0 Å². The Morgan fingerprint density at radius 2 is 1.44 bits per heavy atom. The van der Waals surface area contributed by atoms with Crippen molar-refractivity contribution in [2.45, 2.75) is 108 Å². The molecule has 2 saturated heterocycles. The summed E-state index contributed by atoms with van der Waals surface area (Å²) in [6.45, 7) is 0. The number of benzene rings is 1. The van der Waals surface area contributed by atoms with E-state index in [4.69, 9.17) is 0 Å². The number of nitrogens with zero attached hydrogens (tertiary/aromatic N) is 3. The van der Waals surface area contributed by atoms with Gasteiger partial charge in [-0.3, -0.25) is 9.69 Å². The predicted octanol–water partition coefficient (Wildman–Crippen LogP) is 5.65. The number of hydrogen-bond donors (Lipinski definition) is 1. The normalized spacial score (nSPS) is 36.9. The molecule has 6 heteroatoms. The summed E-state index contributed by atoms with van der Waals surface area (Å²) >= 11 is 0. The third-order valence-electron chi connectivity index (χ3n) is 10.8. The zero-order chi connectivity index (χ0) is 24.4. The quantitative estimate of drug-likeness (QED) is 0.601. The molecule has 5 aliphatic rings. The van der Waals surface area contributed by atoms with Crippen LogP contribution in [0.5, 0.6) is 0 Å². The van der Waals surface area contributed by atoms with Crippen LogP contribution in [0.2, 0.25) is 0 Å². The van der Waals surface area contributed by atoms with Crippen LogP contribution >= 0.6 is 0 Å². The van der Waals surface area contributed by atoms with Crippen LogP contribution < -0.4 is 5.56 Å². The van der Waals surface area contributed by atoms with E-state index in [1.165, 1.54) is 70.6 Å². The molecule has 1 aromatic carbocycles. The zero-order valence-electron chi connectivity index (χ0n) is 21.2. The molecule has 0 spiro atoms. The fraction of sp³-hybridized carbons (Fsp3) is 0.700. The van der Waals surface area contributed by atoms with Crippen molar-refractivity contribution < 1.29 is 9.90 Å². The number of carbonyl (C=O) groups is 1. The minimum absolute atomic E-state index is 0.0427. The van der Waals surface area contributed by atoms with Crippen molar-refractivity contribution in [1.29, 1.82) is 0 Å². The summed E-state index contributed by atoms with van der Waals surface area (Å²) < 4.78 is 1.80. The van der Waals surface area contributed by atoms with E-state index >= 15 is 0 Å². The SMILES string of the molecule is O=C(O)c1nc2ccccc2n([C@H]2C[C@H]3CCC[C@@H](C2)N3[C@@H]2C[C@@H]3C[C@@H](C[C@@H](C4CCC4)C3)C2)c1=O. The Balaban J connectivity index is 1.15. The number of fused-ring (bicyclic) bond motifs is 5. The molecular weight excluding hydrogens is 450 g/mol. The smallest absolute Gasteiger partial charge is 0.360 e. The van der Waals surface area contributed by atoms with Gasteiger partial charge in [-0.2, -0.15) is 0 Å². The van der Waals surface area contributed by atoms with E-state index in [-0.39, 0.29) is 11.7 Å². The molecule has 2 aromatic rings. The maximum atomic E-state index is 13.4. The molecule has 3 aliphatic carbocycles. The summed E-state index contributed by atoms with van der Waals surface area (Å²) in [6, 6.07) is 9.29. The second-order valence-electron chi connectivity index (χ2n) is 12.8. The van der Waals surface area contributed by atoms with Crippen molar-refractivity contribution in [3.8, 4) is 0 Å². The molecule has 1 aromatic heterocycles. The third-order valence-corrected chi connectivity index (χ3v) is 10.8. The van der Waals surface area contributed by atoms with Crippen molar-refractivity contribution in [3.05, 3.63) is 40.3 Å². The molecule has 7 rings (SSSR count). The average Bonchev–Trinajstić information content (AvgIpc) is 2.81. The summed E-state index contributed by atoms with van der Waals surface area (Å²) in [7, 11) is 0. The van der Waals surface area contributed by atoms with E-state index in [9.17, 15) is 14.7 Å². The molecule has 0 unspecified atom stereocenters. The van der Waals surface area contributed by atoms with E-state index < -0.39 is 11.5 Å². The number of carboxylic acid groups (broad SMARTS) is 1. The van der Waals surface area contributed by atoms with Crippen molar-refractivity contribution in [2.24, 2.45) is 23.7 Å². The minimum Gasteiger partial charge on any atom is -0.476 e. The maximum Gasteiger partial charge on any atom is 0.360 e. The predicted molar refractivity (Wildman–Crippen MR) is 139 cm³/mol. The lowest BCUT2D eigenvalue weighted by molar-refractivity contribution is -0.0585. The van der Waals surface area contributed by atoms with Crippen LogP contribution in [0.15, 0.2) is 29.1 Å². The Hall–Kier alpha value is -2.21. The molecule has 0 radical (unpaired) electrons. The van der Waals surface area contributed by atoms with Crippen molar-refractivity contribution in [2.75, 3.05) is 0 Å². The van der Waals surface area contributed by atoms with E-state index in [0.29, 0.717) is 23.6 Å². The Morgan fingerprint density at radius 3 is 2.08 bits per heavy atom. The van der Waals surface area contributed by atoms with Gasteiger partial charge in [-0.05, 0) is 93.6 Å². The van der Waals surface area contributed by atoms with Crippen molar-refractivity contribution >= 4 is 17.0 Å². The molecule has 3 heterocycles. The molecule has 1 N–H and O–H groups in total. The van der Waals surface area contributed by atoms with Gasteiger partial charge in [0.15, 0.2) is 0 Å². The number of piperidine rings is 2. The Morgan fingerprint density at radius 1 is 0.778 bits per heavy atom. The van der Waals surface area contributed by atoms with E-state index in [2.05, 4.69) is 9.88 Å². The molecule has 2 aliphatic heterocycles. The van der Waals surface area contributed by atoms with Gasteiger partial charge in [-0.15, -0.1) is 0 Å². The largest absolute Gasteiger partial charge is 0.476 e. The molecular formula is C30H39N3O3. The fourth-order valence-corrected chi connectivity index (χ4v) is 9.26. The Kier molecular flexibility index (Phi) is 5.72. The minimum atomic E-state index is -1.23. The van der Waals surface area contributed by atoms with Gasteiger partial charge in [0.2, 0.25) is 5.69 Å². The lowest BCUT2D eigenvalue weighted by Gasteiger charge is -2.56. The first kappa shape index (κ1) is 22.9. The van der Waals surface area contributed by atoms with Gasteiger partial charge < -0.3 is 9.67 Å². The van der Waals surface area contributed by atoms with Crippen LogP contribution in [0.4, 0.5) is 0 Å². The summed E-state index contributed by atoms with van der Waals surface area (Å²) in [4.78, 5) is 32.4. The monoisotopic (exact) mass is 489 g/mol. The Labute approximate surface area is 213 Å². The van der Waals surface area contributed by atoms with E-state index in [1.54, 1.807) is 4.57 Å². The molecule has 36 heavy (non-hydrogen) atoms. The number of carboxylic acids is 1. The number of hydrogen-bond acceptors (Lipinski definition) is 4. The highest BCUT2D eigenvalue weighted by Gasteiger charge is 2.47. The van der Waals surface area contributed by atoms with Crippen LogP contribution in [0, 0.1) is 23.7 Å². The van der Waals surface area contributed by atoms with Crippen LogP contribution in [0.1, 0.15) is 100 Å². The van der Waals surface area contributed by atoms with Crippen LogP contribution in [-0.4, -0.2) is 43.7 Å². The average molecular weight is 490 g/mol. The summed E-state index contributed by atoms with van der Waals surface area (Å²) in [5, 5.41) is 9.69. The standard InChI is InChI=1S/C30H39N3O3/c34-29-28(30(35)36)31-26-9-1-2-10-27(26)33(29)25-16-22-7-4-8-23(17-25)32(22)24-14-18-11-19(15-24)13-21(12-18)20-5-3-6-20/h1-2,9-10,18-25H,3-8,11-17H2,(H,35,36)/t18-,19+,21+,22-,23+,24-,25+. The van der Waals surface area contributed by atoms with Gasteiger partial charge in [0.05, 0.1) is 11.0 Å². The van der Waals surface area contributed by atoms with E-state index in [0.717, 1.165) is 42.0 Å². The number of aromatic carboxylic acids is 1. The summed E-state index contributed by atoms with van der Waals surface area (Å²) in [6.07, 6.45) is 17.1. The first-order valence-electron chi connectivity index (χ1n) is 14.6. The van der Waals surface area contributed by atoms with Gasteiger partial charge in [0.25, 0.3) is 5.56 Å². The van der Waals surface area contributed by atoms with Crippen molar-refractivity contribution in [1.82, 2.24) is 14.5 Å². The first-order chi connectivity index (χ1) is 17.5. The number of para-hydroxylation sites is 2. The molecule has 3 saturated carbocycles. The number of rotatable bonds is 4. The van der Waals surface area contributed by atoms with Crippen LogP contribution in [0.3, 0.4) is 0 Å². The molecule has 5 fully saturated rings. The lowest BCUT2D eigenvalue weighted by atomic mass is 9.60.